The number of benzene rings is 1. The molecule has 0 heterocycles. The summed E-state index contributed by atoms with van der Waals surface area (Å²) in [5, 5.41) is 1.23. The van der Waals surface area contributed by atoms with Crippen LogP contribution < -0.4 is 5.73 Å². The van der Waals surface area contributed by atoms with Crippen molar-refractivity contribution in [1.82, 2.24) is 0 Å². The third kappa shape index (κ3) is 3.28. The Labute approximate surface area is 119 Å². The fourth-order valence-electron chi connectivity index (χ4n) is 2.65. The Hall–Kier alpha value is -0.500. The Balaban J connectivity index is 2.25. The molecular weight excluding hydrogens is 265 g/mol. The third-order valence-corrected chi connectivity index (χ3v) is 4.52. The van der Waals surface area contributed by atoms with Gasteiger partial charge in [-0.25, -0.2) is 0 Å². The smallest absolute Gasteiger partial charge is 0.0664 e. The molecule has 1 saturated carbocycles. The second-order valence-corrected chi connectivity index (χ2v) is 5.69. The van der Waals surface area contributed by atoms with E-state index in [0.29, 0.717) is 22.5 Å². The van der Waals surface area contributed by atoms with Crippen molar-refractivity contribution in [3.63, 3.8) is 0 Å². The molecule has 18 heavy (non-hydrogen) atoms. The Kier molecular flexibility index (Phi) is 5.11. The highest BCUT2D eigenvalue weighted by Gasteiger charge is 2.17. The lowest BCUT2D eigenvalue weighted by atomic mass is 9.83. The Morgan fingerprint density at radius 1 is 1.22 bits per heavy atom. The maximum absolute atomic E-state index is 6.22. The summed E-state index contributed by atoms with van der Waals surface area (Å²) >= 11 is 12.2. The normalized spacial score (nSPS) is 18.1. The van der Waals surface area contributed by atoms with E-state index >= 15 is 0 Å². The summed E-state index contributed by atoms with van der Waals surface area (Å²) < 4.78 is 0. The van der Waals surface area contributed by atoms with Crippen LogP contribution in [0.2, 0.25) is 10.0 Å². The molecule has 98 valence electrons. The highest BCUT2D eigenvalue weighted by molar-refractivity contribution is 6.42. The van der Waals surface area contributed by atoms with Crippen molar-refractivity contribution in [1.29, 1.82) is 0 Å². The van der Waals surface area contributed by atoms with Crippen LogP contribution in [0.3, 0.4) is 0 Å². The molecule has 1 aromatic carbocycles. The van der Waals surface area contributed by atoms with Gasteiger partial charge in [-0.3, -0.25) is 0 Å². The minimum atomic E-state index is 0.602. The van der Waals surface area contributed by atoms with Crippen LogP contribution in [0.4, 0.5) is 0 Å². The van der Waals surface area contributed by atoms with Crippen molar-refractivity contribution in [2.75, 3.05) is 6.54 Å². The largest absolute Gasteiger partial charge is 0.327 e. The van der Waals surface area contributed by atoms with Gasteiger partial charge >= 0.3 is 0 Å². The summed E-state index contributed by atoms with van der Waals surface area (Å²) in [5.74, 6) is 0.624. The van der Waals surface area contributed by atoms with E-state index in [-0.39, 0.29) is 0 Å². The van der Waals surface area contributed by atoms with Gasteiger partial charge in [0.1, 0.15) is 0 Å². The first-order valence-electron chi connectivity index (χ1n) is 6.57. The summed E-state index contributed by atoms with van der Waals surface area (Å²) in [6, 6.07) is 5.73. The second-order valence-electron chi connectivity index (χ2n) is 4.90. The predicted molar refractivity (Wildman–Crippen MR) is 80.1 cm³/mol. The summed E-state index contributed by atoms with van der Waals surface area (Å²) in [5.41, 5.74) is 8.18. The average molecular weight is 284 g/mol. The van der Waals surface area contributed by atoms with Crippen LogP contribution in [0.25, 0.3) is 6.08 Å². The van der Waals surface area contributed by atoms with Crippen LogP contribution in [-0.2, 0) is 0 Å². The van der Waals surface area contributed by atoms with Crippen molar-refractivity contribution >= 4 is 29.3 Å². The maximum Gasteiger partial charge on any atom is 0.0664 e. The molecule has 1 aromatic rings. The minimum Gasteiger partial charge on any atom is -0.327 e. The highest BCUT2D eigenvalue weighted by Crippen LogP contribution is 2.33. The number of hydrogen-bond donors (Lipinski definition) is 1. The number of rotatable bonds is 3. The number of halogens is 2. The summed E-state index contributed by atoms with van der Waals surface area (Å²) in [6.45, 7) is 0.605. The quantitative estimate of drug-likeness (QED) is 0.838. The first-order valence-corrected chi connectivity index (χ1v) is 7.32. The van der Waals surface area contributed by atoms with E-state index in [1.165, 1.54) is 37.7 Å². The van der Waals surface area contributed by atoms with E-state index in [2.05, 4.69) is 6.08 Å². The van der Waals surface area contributed by atoms with Crippen LogP contribution >= 0.6 is 23.2 Å². The Bertz CT molecular complexity index is 434. The molecule has 1 nitrogen and oxygen atoms in total. The molecule has 3 heteroatoms. The SMILES string of the molecule is NCC(=Cc1cccc(Cl)c1Cl)C1CCCCC1. The number of hydrogen-bond acceptors (Lipinski definition) is 1. The first kappa shape index (κ1) is 13.9. The zero-order chi connectivity index (χ0) is 13.0. The van der Waals surface area contributed by atoms with E-state index in [1.54, 1.807) is 0 Å². The highest BCUT2D eigenvalue weighted by atomic mass is 35.5. The van der Waals surface area contributed by atoms with E-state index in [0.717, 1.165) is 5.56 Å². The molecule has 1 aliphatic rings. The van der Waals surface area contributed by atoms with Crippen molar-refractivity contribution in [2.24, 2.45) is 11.7 Å². The van der Waals surface area contributed by atoms with Gasteiger partial charge in [-0.1, -0.05) is 66.2 Å². The standard InChI is InChI=1S/C15H19Cl2N/c16-14-8-4-7-12(15(14)17)9-13(10-18)11-5-2-1-3-6-11/h4,7-9,11H,1-3,5-6,10,18H2. The van der Waals surface area contributed by atoms with Gasteiger partial charge in [0.2, 0.25) is 0 Å². The van der Waals surface area contributed by atoms with Gasteiger partial charge in [0.05, 0.1) is 10.0 Å². The van der Waals surface area contributed by atoms with Crippen LogP contribution in [0.15, 0.2) is 23.8 Å². The van der Waals surface area contributed by atoms with Crippen molar-refractivity contribution < 1.29 is 0 Å². The van der Waals surface area contributed by atoms with E-state index in [9.17, 15) is 0 Å². The topological polar surface area (TPSA) is 26.0 Å². The predicted octanol–water partition coefficient (Wildman–Crippen LogP) is 4.92. The molecule has 0 bridgehead atoms. The second kappa shape index (κ2) is 6.60. The van der Waals surface area contributed by atoms with Gasteiger partial charge in [-0.15, -0.1) is 0 Å². The number of nitrogens with two attached hydrogens (primary N) is 1. The lowest BCUT2D eigenvalue weighted by Gasteiger charge is -2.24. The third-order valence-electron chi connectivity index (χ3n) is 3.69. The van der Waals surface area contributed by atoms with Crippen LogP contribution in [0.5, 0.6) is 0 Å². The van der Waals surface area contributed by atoms with Crippen LogP contribution in [0, 0.1) is 5.92 Å². The molecule has 1 fully saturated rings. The molecule has 2 rings (SSSR count). The van der Waals surface area contributed by atoms with E-state index < -0.39 is 0 Å². The molecule has 0 saturated heterocycles. The molecular formula is C15H19Cl2N. The van der Waals surface area contributed by atoms with Gasteiger partial charge in [0, 0.05) is 6.54 Å². The molecule has 0 radical (unpaired) electrons. The van der Waals surface area contributed by atoms with Crippen molar-refractivity contribution in [3.05, 3.63) is 39.4 Å². The molecule has 2 N–H and O–H groups in total. The Morgan fingerprint density at radius 2 is 1.94 bits per heavy atom. The lowest BCUT2D eigenvalue weighted by Crippen LogP contribution is -2.16. The maximum atomic E-state index is 6.22. The zero-order valence-electron chi connectivity index (χ0n) is 10.5. The van der Waals surface area contributed by atoms with E-state index in [4.69, 9.17) is 28.9 Å². The summed E-state index contributed by atoms with van der Waals surface area (Å²) in [6.07, 6.45) is 8.61. The monoisotopic (exact) mass is 283 g/mol. The fraction of sp³-hybridized carbons (Fsp3) is 0.467. The Morgan fingerprint density at radius 3 is 2.61 bits per heavy atom. The zero-order valence-corrected chi connectivity index (χ0v) is 12.0. The van der Waals surface area contributed by atoms with Gasteiger partial charge in [0.25, 0.3) is 0 Å². The van der Waals surface area contributed by atoms with Gasteiger partial charge < -0.3 is 5.73 Å². The molecule has 0 spiro atoms. The average Bonchev–Trinajstić information content (AvgIpc) is 2.41. The van der Waals surface area contributed by atoms with E-state index in [1.807, 2.05) is 18.2 Å². The van der Waals surface area contributed by atoms with Gasteiger partial charge in [-0.2, -0.15) is 0 Å². The summed E-state index contributed by atoms with van der Waals surface area (Å²) in [4.78, 5) is 0. The molecule has 0 aliphatic heterocycles. The van der Waals surface area contributed by atoms with Crippen LogP contribution in [-0.4, -0.2) is 6.54 Å². The molecule has 0 atom stereocenters. The van der Waals surface area contributed by atoms with Crippen LogP contribution in [0.1, 0.15) is 37.7 Å². The minimum absolute atomic E-state index is 0.602. The summed E-state index contributed by atoms with van der Waals surface area (Å²) in [7, 11) is 0. The molecule has 0 amide bonds. The molecule has 0 aromatic heterocycles. The molecule has 0 unspecified atom stereocenters. The van der Waals surface area contributed by atoms with Crippen molar-refractivity contribution in [2.45, 2.75) is 32.1 Å². The first-order chi connectivity index (χ1) is 8.72. The lowest BCUT2D eigenvalue weighted by molar-refractivity contribution is 0.401. The van der Waals surface area contributed by atoms with Gasteiger partial charge in [-0.05, 0) is 30.4 Å². The fourth-order valence-corrected chi connectivity index (χ4v) is 3.01. The van der Waals surface area contributed by atoms with Crippen molar-refractivity contribution in [3.8, 4) is 0 Å². The molecule has 1 aliphatic carbocycles. The van der Waals surface area contributed by atoms with Gasteiger partial charge in [0.15, 0.2) is 0 Å².